The third kappa shape index (κ3) is 2.43. The number of carbonyl (C=O) groups is 1. The van der Waals surface area contributed by atoms with Crippen LogP contribution in [0.25, 0.3) is 10.8 Å². The summed E-state index contributed by atoms with van der Waals surface area (Å²) >= 11 is 0. The largest absolute Gasteiger partial charge is 0.347 e. The Hall–Kier alpha value is -1.87. The lowest BCUT2D eigenvalue weighted by molar-refractivity contribution is -0.124. The topological polar surface area (TPSA) is 41.1 Å². The fourth-order valence-corrected chi connectivity index (χ4v) is 4.24. The van der Waals surface area contributed by atoms with Crippen LogP contribution in [0.2, 0.25) is 0 Å². The van der Waals surface area contributed by atoms with E-state index >= 15 is 0 Å². The van der Waals surface area contributed by atoms with Crippen LogP contribution in [0.3, 0.4) is 0 Å². The zero-order valence-electron chi connectivity index (χ0n) is 14.0. The van der Waals surface area contributed by atoms with Crippen LogP contribution >= 0.6 is 0 Å². The summed E-state index contributed by atoms with van der Waals surface area (Å²) in [6, 6.07) is 12.8. The van der Waals surface area contributed by atoms with Gasteiger partial charge in [-0.25, -0.2) is 0 Å². The Morgan fingerprint density at radius 2 is 1.87 bits per heavy atom. The maximum Gasteiger partial charge on any atom is 0.224 e. The first-order valence-corrected chi connectivity index (χ1v) is 8.50. The molecule has 0 aromatic heterocycles. The van der Waals surface area contributed by atoms with Crippen LogP contribution in [-0.4, -0.2) is 19.0 Å². The van der Waals surface area contributed by atoms with Crippen molar-refractivity contribution < 1.29 is 4.79 Å². The first-order valence-electron chi connectivity index (χ1n) is 8.50. The van der Waals surface area contributed by atoms with Crippen molar-refractivity contribution in [3.8, 4) is 0 Å². The summed E-state index contributed by atoms with van der Waals surface area (Å²) in [7, 11) is 0. The van der Waals surface area contributed by atoms with Gasteiger partial charge in [0.1, 0.15) is 0 Å². The number of fused-ring (bicyclic) bond motifs is 2. The number of hydrogen-bond donors (Lipinski definition) is 2. The van der Waals surface area contributed by atoms with Gasteiger partial charge < -0.3 is 10.6 Å². The van der Waals surface area contributed by atoms with E-state index in [4.69, 9.17) is 0 Å². The van der Waals surface area contributed by atoms with Crippen LogP contribution in [-0.2, 0) is 10.3 Å². The Morgan fingerprint density at radius 1 is 1.17 bits per heavy atom. The molecule has 0 radical (unpaired) electrons. The smallest absolute Gasteiger partial charge is 0.224 e. The monoisotopic (exact) mass is 308 g/mol. The molecule has 1 heterocycles. The highest BCUT2D eigenvalue weighted by atomic mass is 16.2. The van der Waals surface area contributed by atoms with Crippen molar-refractivity contribution in [2.24, 2.45) is 17.8 Å². The number of benzene rings is 2. The summed E-state index contributed by atoms with van der Waals surface area (Å²) in [6.45, 7) is 8.34. The van der Waals surface area contributed by atoms with Crippen LogP contribution in [0.1, 0.15) is 25.0 Å². The molecule has 1 aliphatic carbocycles. The second-order valence-electron chi connectivity index (χ2n) is 7.66. The normalized spacial score (nSPS) is 26.1. The van der Waals surface area contributed by atoms with E-state index in [0.29, 0.717) is 11.8 Å². The van der Waals surface area contributed by atoms with Gasteiger partial charge in [0.2, 0.25) is 5.91 Å². The molecule has 1 aliphatic heterocycles. The third-order valence-electron chi connectivity index (χ3n) is 5.51. The molecule has 1 saturated heterocycles. The Balaban J connectivity index is 1.64. The average molecular weight is 308 g/mol. The van der Waals surface area contributed by atoms with Gasteiger partial charge in [-0.3, -0.25) is 4.79 Å². The van der Waals surface area contributed by atoms with Crippen LogP contribution in [0, 0.1) is 24.7 Å². The van der Waals surface area contributed by atoms with Crippen LogP contribution in [0.5, 0.6) is 0 Å². The SMILES string of the molecule is Cc1cc(C(C)(C)NC(=O)C2[C@H]3CNC[C@@H]23)c2ccccc2c1. The first kappa shape index (κ1) is 14.7. The van der Waals surface area contributed by atoms with E-state index in [1.54, 1.807) is 0 Å². The van der Waals surface area contributed by atoms with Crippen molar-refractivity contribution >= 4 is 16.7 Å². The van der Waals surface area contributed by atoms with Gasteiger partial charge >= 0.3 is 0 Å². The number of piperidine rings is 1. The summed E-state index contributed by atoms with van der Waals surface area (Å²) in [5.74, 6) is 1.55. The van der Waals surface area contributed by atoms with E-state index in [-0.39, 0.29) is 17.4 Å². The Morgan fingerprint density at radius 3 is 2.61 bits per heavy atom. The van der Waals surface area contributed by atoms with Gasteiger partial charge in [0.25, 0.3) is 0 Å². The predicted molar refractivity (Wildman–Crippen MR) is 93.2 cm³/mol. The summed E-state index contributed by atoms with van der Waals surface area (Å²) in [5.41, 5.74) is 2.06. The highest BCUT2D eigenvalue weighted by molar-refractivity contribution is 5.89. The molecule has 2 N–H and O–H groups in total. The highest BCUT2D eigenvalue weighted by Crippen LogP contribution is 2.49. The van der Waals surface area contributed by atoms with Gasteiger partial charge in [-0.15, -0.1) is 0 Å². The fraction of sp³-hybridized carbons (Fsp3) is 0.450. The number of nitrogens with one attached hydrogen (secondary N) is 2. The second-order valence-corrected chi connectivity index (χ2v) is 7.66. The van der Waals surface area contributed by atoms with Crippen molar-refractivity contribution in [2.45, 2.75) is 26.3 Å². The van der Waals surface area contributed by atoms with E-state index in [9.17, 15) is 4.79 Å². The van der Waals surface area contributed by atoms with Crippen LogP contribution < -0.4 is 10.6 Å². The summed E-state index contributed by atoms with van der Waals surface area (Å²) < 4.78 is 0. The first-order chi connectivity index (χ1) is 11.0. The van der Waals surface area contributed by atoms with Gasteiger partial charge in [-0.2, -0.15) is 0 Å². The molecule has 2 fully saturated rings. The summed E-state index contributed by atoms with van der Waals surface area (Å²) in [5, 5.41) is 9.13. The zero-order chi connectivity index (χ0) is 16.2. The Labute approximate surface area is 137 Å². The molecule has 0 bridgehead atoms. The standard InChI is InChI=1S/C20H24N2O/c1-12-8-13-6-4-5-7-14(13)17(9-12)20(2,3)22-19(23)18-15-10-21-11-16(15)18/h4-9,15-16,18,21H,10-11H2,1-3H3,(H,22,23)/t15-,16+,18?. The molecule has 120 valence electrons. The molecule has 2 aromatic carbocycles. The third-order valence-corrected chi connectivity index (χ3v) is 5.51. The van der Waals surface area contributed by atoms with Gasteiger partial charge in [-0.05, 0) is 62.0 Å². The quantitative estimate of drug-likeness (QED) is 0.915. The molecule has 1 amide bonds. The Kier molecular flexibility index (Phi) is 3.24. The highest BCUT2D eigenvalue weighted by Gasteiger charge is 2.57. The Bertz CT molecular complexity index is 770. The maximum atomic E-state index is 12.7. The van der Waals surface area contributed by atoms with Gasteiger partial charge in [-0.1, -0.05) is 42.0 Å². The molecule has 2 aromatic rings. The minimum Gasteiger partial charge on any atom is -0.347 e. The molecule has 0 spiro atoms. The summed E-state index contributed by atoms with van der Waals surface area (Å²) in [6.07, 6.45) is 0. The van der Waals surface area contributed by atoms with E-state index in [1.165, 1.54) is 21.9 Å². The molecule has 4 rings (SSSR count). The van der Waals surface area contributed by atoms with Crippen molar-refractivity contribution in [1.29, 1.82) is 0 Å². The van der Waals surface area contributed by atoms with Gasteiger partial charge in [0.15, 0.2) is 0 Å². The van der Waals surface area contributed by atoms with Crippen molar-refractivity contribution in [3.05, 3.63) is 47.5 Å². The number of amides is 1. The molecule has 3 atom stereocenters. The number of carbonyl (C=O) groups excluding carboxylic acids is 1. The molecular weight excluding hydrogens is 284 g/mol. The zero-order valence-corrected chi connectivity index (χ0v) is 14.0. The van der Waals surface area contributed by atoms with Crippen LogP contribution in [0.4, 0.5) is 0 Å². The van der Waals surface area contributed by atoms with Crippen molar-refractivity contribution in [1.82, 2.24) is 10.6 Å². The molecule has 1 saturated carbocycles. The average Bonchev–Trinajstić information content (AvgIpc) is 2.99. The molecule has 2 aliphatic rings. The van der Waals surface area contributed by atoms with Crippen molar-refractivity contribution in [2.75, 3.05) is 13.1 Å². The minimum atomic E-state index is -0.368. The van der Waals surface area contributed by atoms with E-state index in [2.05, 4.69) is 67.8 Å². The van der Waals surface area contributed by atoms with E-state index in [0.717, 1.165) is 13.1 Å². The maximum absolute atomic E-state index is 12.7. The minimum absolute atomic E-state index is 0.214. The summed E-state index contributed by atoms with van der Waals surface area (Å²) in [4.78, 5) is 12.7. The van der Waals surface area contributed by atoms with Crippen LogP contribution in [0.15, 0.2) is 36.4 Å². The lowest BCUT2D eigenvalue weighted by Gasteiger charge is -2.29. The molecule has 3 nitrogen and oxygen atoms in total. The molecular formula is C20H24N2O. The number of rotatable bonds is 3. The number of aryl methyl sites for hydroxylation is 1. The van der Waals surface area contributed by atoms with E-state index in [1.807, 2.05) is 0 Å². The predicted octanol–water partition coefficient (Wildman–Crippen LogP) is 2.96. The van der Waals surface area contributed by atoms with Crippen molar-refractivity contribution in [3.63, 3.8) is 0 Å². The fourth-order valence-electron chi connectivity index (χ4n) is 4.24. The van der Waals surface area contributed by atoms with E-state index < -0.39 is 0 Å². The van der Waals surface area contributed by atoms with Gasteiger partial charge in [0, 0.05) is 5.92 Å². The number of hydrogen-bond acceptors (Lipinski definition) is 2. The lowest BCUT2D eigenvalue weighted by Crippen LogP contribution is -2.43. The molecule has 1 unspecified atom stereocenters. The molecule has 3 heteroatoms. The lowest BCUT2D eigenvalue weighted by atomic mass is 9.87. The second kappa shape index (κ2) is 5.07. The van der Waals surface area contributed by atoms with Gasteiger partial charge in [0.05, 0.1) is 5.54 Å². The molecule has 23 heavy (non-hydrogen) atoms.